The fourth-order valence-electron chi connectivity index (χ4n) is 2.93. The Bertz CT molecular complexity index is 1140. The molecule has 8 heteroatoms. The number of methoxy groups -OCH3 is 1. The maximum absolute atomic E-state index is 13.4. The summed E-state index contributed by atoms with van der Waals surface area (Å²) < 4.78 is 19.3. The first-order valence-corrected chi connectivity index (χ1v) is 9.91. The van der Waals surface area contributed by atoms with Crippen LogP contribution in [0.2, 0.25) is 0 Å². The molecular formula is C21H16FN4O2S-. The standard InChI is InChI=1S/C21H16FN4O2S/c1-28-21-23-12-11-17(24-21)19-18(13-3-7-15(22)8-4-13)25-20(26(19)27)14-5-9-16(29-2)10-6-14/h3-12H,1-2H3/q-1. The van der Waals surface area contributed by atoms with Crippen molar-refractivity contribution in [3.8, 4) is 40.0 Å². The number of benzene rings is 2. The van der Waals surface area contributed by atoms with E-state index in [4.69, 9.17) is 4.74 Å². The highest BCUT2D eigenvalue weighted by molar-refractivity contribution is 7.98. The summed E-state index contributed by atoms with van der Waals surface area (Å²) in [5.74, 6) is -0.127. The summed E-state index contributed by atoms with van der Waals surface area (Å²) >= 11 is 1.61. The first-order chi connectivity index (χ1) is 14.1. The van der Waals surface area contributed by atoms with E-state index in [1.165, 1.54) is 25.4 Å². The van der Waals surface area contributed by atoms with Gasteiger partial charge in [0.1, 0.15) is 11.6 Å². The molecule has 0 aliphatic carbocycles. The van der Waals surface area contributed by atoms with Crippen molar-refractivity contribution in [1.82, 2.24) is 19.7 Å². The van der Waals surface area contributed by atoms with Crippen LogP contribution < -0.4 is 4.74 Å². The SMILES string of the molecule is COc1nccc(-c2c(-c3ccc(F)cc3)nc(-c3ccc(SC)cc3)n2[O-])n1. The molecule has 0 radical (unpaired) electrons. The zero-order chi connectivity index (χ0) is 20.4. The minimum absolute atomic E-state index is 0.139. The molecule has 0 amide bonds. The van der Waals surface area contributed by atoms with E-state index in [0.717, 1.165) is 9.63 Å². The van der Waals surface area contributed by atoms with Crippen LogP contribution in [0.5, 0.6) is 6.01 Å². The third kappa shape index (κ3) is 3.66. The van der Waals surface area contributed by atoms with Gasteiger partial charge in [0.25, 0.3) is 0 Å². The molecule has 146 valence electrons. The Morgan fingerprint density at radius 3 is 2.31 bits per heavy atom. The van der Waals surface area contributed by atoms with E-state index in [0.29, 0.717) is 22.5 Å². The zero-order valence-corrected chi connectivity index (χ0v) is 16.5. The van der Waals surface area contributed by atoms with E-state index in [1.54, 1.807) is 30.0 Å². The Kier molecular flexibility index (Phi) is 5.18. The highest BCUT2D eigenvalue weighted by Gasteiger charge is 2.19. The summed E-state index contributed by atoms with van der Waals surface area (Å²) in [7, 11) is 1.45. The second-order valence-electron chi connectivity index (χ2n) is 6.09. The maximum Gasteiger partial charge on any atom is 0.316 e. The van der Waals surface area contributed by atoms with Crippen molar-refractivity contribution < 1.29 is 9.13 Å². The highest BCUT2D eigenvalue weighted by Crippen LogP contribution is 2.35. The fraction of sp³-hybridized carbons (Fsp3) is 0.0952. The van der Waals surface area contributed by atoms with Crippen LogP contribution in [0, 0.1) is 11.0 Å². The number of thioether (sulfide) groups is 1. The van der Waals surface area contributed by atoms with Gasteiger partial charge in [0.15, 0.2) is 0 Å². The maximum atomic E-state index is 13.4. The van der Waals surface area contributed by atoms with E-state index >= 15 is 0 Å². The van der Waals surface area contributed by atoms with Crippen LogP contribution in [-0.4, -0.2) is 33.0 Å². The van der Waals surface area contributed by atoms with Gasteiger partial charge in [0.2, 0.25) is 0 Å². The van der Waals surface area contributed by atoms with Crippen molar-refractivity contribution in [3.05, 3.63) is 71.8 Å². The van der Waals surface area contributed by atoms with Gasteiger partial charge in [-0.3, -0.25) is 0 Å². The summed E-state index contributed by atoms with van der Waals surface area (Å²) in [6, 6.07) is 15.1. The van der Waals surface area contributed by atoms with E-state index in [-0.39, 0.29) is 23.3 Å². The van der Waals surface area contributed by atoms with E-state index < -0.39 is 0 Å². The van der Waals surface area contributed by atoms with Crippen LogP contribution in [-0.2, 0) is 0 Å². The lowest BCUT2D eigenvalue weighted by molar-refractivity contribution is 0.380. The molecule has 0 atom stereocenters. The van der Waals surface area contributed by atoms with Crippen molar-refractivity contribution in [2.45, 2.75) is 4.90 Å². The van der Waals surface area contributed by atoms with Gasteiger partial charge in [-0.1, -0.05) is 12.1 Å². The first kappa shape index (κ1) is 18.9. The Hall–Kier alpha value is -3.39. The second kappa shape index (κ2) is 7.92. The third-order valence-corrected chi connectivity index (χ3v) is 5.11. The lowest BCUT2D eigenvalue weighted by atomic mass is 10.1. The van der Waals surface area contributed by atoms with Gasteiger partial charge < -0.3 is 14.7 Å². The second-order valence-corrected chi connectivity index (χ2v) is 6.97. The average Bonchev–Trinajstić information content (AvgIpc) is 3.11. The van der Waals surface area contributed by atoms with Gasteiger partial charge in [-0.15, -0.1) is 11.8 Å². The molecule has 29 heavy (non-hydrogen) atoms. The summed E-state index contributed by atoms with van der Waals surface area (Å²) in [5, 5.41) is 13.3. The Balaban J connectivity index is 1.93. The topological polar surface area (TPSA) is 75.9 Å². The molecule has 0 saturated heterocycles. The molecule has 0 fully saturated rings. The van der Waals surface area contributed by atoms with E-state index in [9.17, 15) is 9.60 Å². The van der Waals surface area contributed by atoms with Crippen molar-refractivity contribution in [3.63, 3.8) is 0 Å². The van der Waals surface area contributed by atoms with Gasteiger partial charge in [0.05, 0.1) is 24.2 Å². The van der Waals surface area contributed by atoms with Crippen molar-refractivity contribution in [2.24, 2.45) is 0 Å². The third-order valence-electron chi connectivity index (χ3n) is 4.36. The van der Waals surface area contributed by atoms with Crippen molar-refractivity contribution in [2.75, 3.05) is 13.4 Å². The largest absolute Gasteiger partial charge is 0.804 e. The molecule has 2 aromatic carbocycles. The zero-order valence-electron chi connectivity index (χ0n) is 15.7. The van der Waals surface area contributed by atoms with Gasteiger partial charge in [-0.25, -0.2) is 14.4 Å². The molecule has 2 heterocycles. The number of rotatable bonds is 5. The van der Waals surface area contributed by atoms with Gasteiger partial charge in [-0.2, -0.15) is 4.98 Å². The van der Waals surface area contributed by atoms with Gasteiger partial charge in [-0.05, 0) is 48.7 Å². The van der Waals surface area contributed by atoms with Crippen LogP contribution in [0.15, 0.2) is 65.7 Å². The number of hydrogen-bond acceptors (Lipinski definition) is 6. The van der Waals surface area contributed by atoms with E-state index in [1.807, 2.05) is 30.5 Å². The van der Waals surface area contributed by atoms with Gasteiger partial charge >= 0.3 is 6.01 Å². The number of nitrogens with zero attached hydrogens (tertiary/aromatic N) is 4. The molecule has 0 unspecified atom stereocenters. The summed E-state index contributed by atoms with van der Waals surface area (Å²) in [5.41, 5.74) is 2.31. The molecule has 4 aromatic rings. The van der Waals surface area contributed by atoms with Crippen LogP contribution in [0.3, 0.4) is 0 Å². The number of halogens is 1. The summed E-state index contributed by atoms with van der Waals surface area (Å²) in [4.78, 5) is 14.0. The Morgan fingerprint density at radius 1 is 0.966 bits per heavy atom. The molecular weight excluding hydrogens is 391 g/mol. The molecule has 0 aliphatic heterocycles. The average molecular weight is 407 g/mol. The lowest BCUT2D eigenvalue weighted by Gasteiger charge is -2.16. The molecule has 0 aliphatic rings. The number of ether oxygens (including phenoxy) is 1. The summed E-state index contributed by atoms with van der Waals surface area (Å²) in [6.07, 6.45) is 3.49. The molecule has 2 aromatic heterocycles. The smallest absolute Gasteiger partial charge is 0.316 e. The minimum atomic E-state index is -0.367. The lowest BCUT2D eigenvalue weighted by Crippen LogP contribution is -1.98. The highest BCUT2D eigenvalue weighted by atomic mass is 32.2. The Morgan fingerprint density at radius 2 is 1.66 bits per heavy atom. The van der Waals surface area contributed by atoms with Crippen LogP contribution >= 0.6 is 11.8 Å². The van der Waals surface area contributed by atoms with Crippen molar-refractivity contribution in [1.29, 1.82) is 0 Å². The van der Waals surface area contributed by atoms with Crippen molar-refractivity contribution >= 4 is 11.8 Å². The van der Waals surface area contributed by atoms with Crippen LogP contribution in [0.1, 0.15) is 0 Å². The quantitative estimate of drug-likeness (QED) is 0.439. The molecule has 0 spiro atoms. The number of aromatic nitrogens is 4. The molecule has 0 N–H and O–H groups in total. The number of hydrogen-bond donors (Lipinski definition) is 0. The van der Waals surface area contributed by atoms with E-state index in [2.05, 4.69) is 15.0 Å². The molecule has 0 bridgehead atoms. The van der Waals surface area contributed by atoms with Crippen LogP contribution in [0.25, 0.3) is 34.0 Å². The van der Waals surface area contributed by atoms with Crippen LogP contribution in [0.4, 0.5) is 4.39 Å². The predicted octanol–water partition coefficient (Wildman–Crippen LogP) is 4.89. The minimum Gasteiger partial charge on any atom is -0.804 e. The first-order valence-electron chi connectivity index (χ1n) is 8.68. The predicted molar refractivity (Wildman–Crippen MR) is 111 cm³/mol. The summed E-state index contributed by atoms with van der Waals surface area (Å²) in [6.45, 7) is 0. The molecule has 4 rings (SSSR count). The normalized spacial score (nSPS) is 10.9. The monoisotopic (exact) mass is 407 g/mol. The fourth-order valence-corrected chi connectivity index (χ4v) is 3.34. The molecule has 6 nitrogen and oxygen atoms in total. The number of imidazole rings is 1. The van der Waals surface area contributed by atoms with Gasteiger partial charge in [0, 0.05) is 22.2 Å². The Labute approximate surface area is 171 Å². The molecule has 0 saturated carbocycles.